The molecule has 0 radical (unpaired) electrons. The number of benzene rings is 1. The summed E-state index contributed by atoms with van der Waals surface area (Å²) >= 11 is 0. The Hall–Kier alpha value is -2.88. The molecule has 0 unspecified atom stereocenters. The number of nitrogens with two attached hydrogens (primary N) is 1. The fourth-order valence-corrected chi connectivity index (χ4v) is 1.36. The van der Waals surface area contributed by atoms with E-state index in [0.29, 0.717) is 5.69 Å². The first kappa shape index (κ1) is 11.6. The molecular formula is C11H8FN5O. The number of rotatable bonds is 2. The van der Waals surface area contributed by atoms with E-state index >= 15 is 0 Å². The third-order valence-electron chi connectivity index (χ3n) is 2.24. The first-order valence-electron chi connectivity index (χ1n) is 4.91. The van der Waals surface area contributed by atoms with E-state index in [2.05, 4.69) is 15.5 Å². The van der Waals surface area contributed by atoms with Crippen molar-refractivity contribution in [3.05, 3.63) is 41.5 Å². The molecule has 18 heavy (non-hydrogen) atoms. The Bertz CT molecular complexity index is 643. The molecule has 4 N–H and O–H groups in total. The number of hydrogen-bond acceptors (Lipinski definition) is 4. The van der Waals surface area contributed by atoms with Crippen LogP contribution in [0.5, 0.6) is 0 Å². The van der Waals surface area contributed by atoms with E-state index in [1.165, 1.54) is 18.3 Å². The highest BCUT2D eigenvalue weighted by molar-refractivity contribution is 6.06. The van der Waals surface area contributed by atoms with Crippen molar-refractivity contribution in [2.75, 3.05) is 11.1 Å². The molecule has 7 heteroatoms. The molecule has 1 amide bonds. The molecule has 1 aromatic carbocycles. The van der Waals surface area contributed by atoms with Gasteiger partial charge in [-0.15, -0.1) is 0 Å². The molecule has 0 bridgehead atoms. The minimum atomic E-state index is -0.642. The molecule has 1 aromatic heterocycles. The minimum Gasteiger partial charge on any atom is -0.396 e. The van der Waals surface area contributed by atoms with Crippen molar-refractivity contribution in [3.63, 3.8) is 0 Å². The topological polar surface area (TPSA) is 108 Å². The monoisotopic (exact) mass is 245 g/mol. The molecule has 0 spiro atoms. The third kappa shape index (κ3) is 2.12. The second kappa shape index (κ2) is 4.55. The molecule has 1 heterocycles. The van der Waals surface area contributed by atoms with Gasteiger partial charge in [0.1, 0.15) is 17.6 Å². The number of aromatic nitrogens is 2. The van der Waals surface area contributed by atoms with Gasteiger partial charge >= 0.3 is 0 Å². The van der Waals surface area contributed by atoms with Gasteiger partial charge in [-0.1, -0.05) is 0 Å². The van der Waals surface area contributed by atoms with Crippen molar-refractivity contribution in [1.82, 2.24) is 10.2 Å². The summed E-state index contributed by atoms with van der Waals surface area (Å²) in [5.41, 5.74) is 5.97. The zero-order valence-electron chi connectivity index (χ0n) is 9.07. The van der Waals surface area contributed by atoms with Gasteiger partial charge in [0.25, 0.3) is 5.91 Å². The Balaban J connectivity index is 2.23. The van der Waals surface area contributed by atoms with E-state index in [1.807, 2.05) is 0 Å². The summed E-state index contributed by atoms with van der Waals surface area (Å²) in [6.45, 7) is 0. The number of aromatic amines is 1. The third-order valence-corrected chi connectivity index (χ3v) is 2.24. The number of halogens is 1. The van der Waals surface area contributed by atoms with Gasteiger partial charge in [0, 0.05) is 5.69 Å². The highest BCUT2D eigenvalue weighted by Crippen LogP contribution is 2.15. The van der Waals surface area contributed by atoms with Crippen LogP contribution in [0.15, 0.2) is 24.4 Å². The zero-order chi connectivity index (χ0) is 13.1. The van der Waals surface area contributed by atoms with Crippen LogP contribution in [0.25, 0.3) is 0 Å². The van der Waals surface area contributed by atoms with Gasteiger partial charge in [-0.25, -0.2) is 4.39 Å². The Kier molecular flexibility index (Phi) is 2.93. The van der Waals surface area contributed by atoms with Crippen molar-refractivity contribution in [2.45, 2.75) is 0 Å². The Morgan fingerprint density at radius 2 is 2.33 bits per heavy atom. The van der Waals surface area contributed by atoms with E-state index < -0.39 is 11.7 Å². The maximum atomic E-state index is 13.1. The fourth-order valence-electron chi connectivity index (χ4n) is 1.36. The highest BCUT2D eigenvalue weighted by atomic mass is 19.1. The van der Waals surface area contributed by atoms with Crippen LogP contribution < -0.4 is 11.1 Å². The average molecular weight is 245 g/mol. The second-order valence-corrected chi connectivity index (χ2v) is 3.46. The van der Waals surface area contributed by atoms with Gasteiger partial charge in [-0.05, 0) is 18.2 Å². The molecule has 2 aromatic rings. The molecule has 2 rings (SSSR count). The van der Waals surface area contributed by atoms with Gasteiger partial charge in [0.2, 0.25) is 0 Å². The second-order valence-electron chi connectivity index (χ2n) is 3.46. The standard InChI is InChI=1S/C11H8FN5O/c12-8-2-1-7(3-6(8)4-13)16-11(18)10-9(14)5-15-17-10/h1-3,5H,14H2,(H,15,17)(H,16,18). The number of H-pyrrole nitrogens is 1. The summed E-state index contributed by atoms with van der Waals surface area (Å²) in [7, 11) is 0. The van der Waals surface area contributed by atoms with Crippen LogP contribution in [0.2, 0.25) is 0 Å². The number of nitrogen functional groups attached to an aromatic ring is 1. The summed E-state index contributed by atoms with van der Waals surface area (Å²) in [4.78, 5) is 11.7. The number of anilines is 2. The molecule has 0 aliphatic heterocycles. The fraction of sp³-hybridized carbons (Fsp3) is 0. The molecule has 0 fully saturated rings. The van der Waals surface area contributed by atoms with E-state index in [4.69, 9.17) is 11.0 Å². The molecule has 0 saturated carbocycles. The smallest absolute Gasteiger partial charge is 0.275 e. The number of nitrogens with one attached hydrogen (secondary N) is 2. The van der Waals surface area contributed by atoms with Gasteiger partial charge in [-0.3, -0.25) is 9.89 Å². The van der Waals surface area contributed by atoms with Crippen molar-refractivity contribution in [2.24, 2.45) is 0 Å². The molecule has 0 aliphatic carbocycles. The minimum absolute atomic E-state index is 0.109. The number of amides is 1. The van der Waals surface area contributed by atoms with Crippen LogP contribution in [-0.2, 0) is 0 Å². The number of carbonyl (C=O) groups excluding carboxylic acids is 1. The summed E-state index contributed by atoms with van der Waals surface area (Å²) < 4.78 is 13.1. The average Bonchev–Trinajstić information content (AvgIpc) is 2.78. The van der Waals surface area contributed by atoms with Gasteiger partial charge in [0.05, 0.1) is 17.4 Å². The van der Waals surface area contributed by atoms with Crippen molar-refractivity contribution in [3.8, 4) is 6.07 Å². The van der Waals surface area contributed by atoms with Crippen LogP contribution in [0, 0.1) is 17.1 Å². The summed E-state index contributed by atoms with van der Waals surface area (Å²) in [5.74, 6) is -1.16. The first-order valence-corrected chi connectivity index (χ1v) is 4.91. The lowest BCUT2D eigenvalue weighted by molar-refractivity contribution is 0.102. The van der Waals surface area contributed by atoms with Gasteiger partial charge < -0.3 is 11.1 Å². The predicted octanol–water partition coefficient (Wildman–Crippen LogP) is 1.25. The van der Waals surface area contributed by atoms with E-state index in [1.54, 1.807) is 6.07 Å². The highest BCUT2D eigenvalue weighted by Gasteiger charge is 2.12. The SMILES string of the molecule is N#Cc1cc(NC(=O)c2[nH]ncc2N)ccc1F. The van der Waals surface area contributed by atoms with Crippen LogP contribution in [0.1, 0.15) is 16.1 Å². The van der Waals surface area contributed by atoms with Crippen LogP contribution in [-0.4, -0.2) is 16.1 Å². The van der Waals surface area contributed by atoms with Crippen LogP contribution in [0.4, 0.5) is 15.8 Å². The van der Waals surface area contributed by atoms with E-state index in [0.717, 1.165) is 6.07 Å². The number of carbonyl (C=O) groups is 1. The van der Waals surface area contributed by atoms with E-state index in [-0.39, 0.29) is 16.9 Å². The Morgan fingerprint density at radius 3 is 2.94 bits per heavy atom. The summed E-state index contributed by atoms with van der Waals surface area (Å²) in [6, 6.07) is 5.37. The molecule has 0 atom stereocenters. The van der Waals surface area contributed by atoms with Crippen LogP contribution >= 0.6 is 0 Å². The number of nitriles is 1. The maximum absolute atomic E-state index is 13.1. The summed E-state index contributed by atoms with van der Waals surface area (Å²) in [6.07, 6.45) is 1.31. The first-order chi connectivity index (χ1) is 8.61. The maximum Gasteiger partial charge on any atom is 0.275 e. The summed E-state index contributed by atoms with van der Waals surface area (Å²) in [5, 5.41) is 17.2. The number of nitrogens with zero attached hydrogens (tertiary/aromatic N) is 2. The normalized spacial score (nSPS) is 9.78. The molecule has 6 nitrogen and oxygen atoms in total. The van der Waals surface area contributed by atoms with E-state index in [9.17, 15) is 9.18 Å². The lowest BCUT2D eigenvalue weighted by Crippen LogP contribution is -2.14. The quantitative estimate of drug-likeness (QED) is 0.739. The molecule has 90 valence electrons. The van der Waals surface area contributed by atoms with Crippen molar-refractivity contribution >= 4 is 17.3 Å². The Labute approximate surface area is 101 Å². The number of hydrogen-bond donors (Lipinski definition) is 3. The van der Waals surface area contributed by atoms with Gasteiger partial charge in [0.15, 0.2) is 0 Å². The van der Waals surface area contributed by atoms with Crippen molar-refractivity contribution in [1.29, 1.82) is 5.26 Å². The van der Waals surface area contributed by atoms with Crippen LogP contribution in [0.3, 0.4) is 0 Å². The Morgan fingerprint density at radius 1 is 1.56 bits per heavy atom. The lowest BCUT2D eigenvalue weighted by atomic mass is 10.2. The molecule has 0 saturated heterocycles. The molecule has 0 aliphatic rings. The lowest BCUT2D eigenvalue weighted by Gasteiger charge is -2.04. The van der Waals surface area contributed by atoms with Gasteiger partial charge in [-0.2, -0.15) is 10.4 Å². The van der Waals surface area contributed by atoms with Crippen molar-refractivity contribution < 1.29 is 9.18 Å². The largest absolute Gasteiger partial charge is 0.396 e. The zero-order valence-corrected chi connectivity index (χ0v) is 9.07. The molecular weight excluding hydrogens is 237 g/mol. The predicted molar refractivity (Wildman–Crippen MR) is 62.1 cm³/mol.